The lowest BCUT2D eigenvalue weighted by atomic mass is 9.98. The zero-order valence-corrected chi connectivity index (χ0v) is 19.4. The fourth-order valence-corrected chi connectivity index (χ4v) is 4.37. The minimum absolute atomic E-state index is 0. The molecule has 0 amide bonds. The molecule has 1 aromatic heterocycles. The van der Waals surface area contributed by atoms with E-state index in [0.29, 0.717) is 13.2 Å². The Morgan fingerprint density at radius 1 is 1.54 bits per heavy atom. The van der Waals surface area contributed by atoms with Crippen LogP contribution in [0.15, 0.2) is 20.9 Å². The van der Waals surface area contributed by atoms with Gasteiger partial charge in [-0.25, -0.2) is 4.98 Å². The van der Waals surface area contributed by atoms with Crippen molar-refractivity contribution in [2.75, 3.05) is 38.5 Å². The molecular formula is C17H29IN4O2S2. The summed E-state index contributed by atoms with van der Waals surface area (Å²) in [6, 6.07) is 0. The number of likely N-dealkylation sites (tertiary alicyclic amines) is 1. The van der Waals surface area contributed by atoms with Crippen molar-refractivity contribution in [3.8, 4) is 0 Å². The second-order valence-corrected chi connectivity index (χ2v) is 8.01. The summed E-state index contributed by atoms with van der Waals surface area (Å²) in [4.78, 5) is 23.2. The van der Waals surface area contributed by atoms with E-state index in [1.807, 2.05) is 18.5 Å². The van der Waals surface area contributed by atoms with Crippen molar-refractivity contribution in [2.24, 2.45) is 10.9 Å². The molecule has 1 fully saturated rings. The van der Waals surface area contributed by atoms with Gasteiger partial charge in [0.2, 0.25) is 0 Å². The molecule has 0 bridgehead atoms. The van der Waals surface area contributed by atoms with Gasteiger partial charge in [0, 0.05) is 43.5 Å². The number of rotatable bonds is 8. The predicted molar refractivity (Wildman–Crippen MR) is 120 cm³/mol. The van der Waals surface area contributed by atoms with Crippen molar-refractivity contribution in [1.82, 2.24) is 15.2 Å². The first-order valence-corrected chi connectivity index (χ1v) is 10.8. The number of piperidine rings is 1. The van der Waals surface area contributed by atoms with Gasteiger partial charge in [-0.2, -0.15) is 0 Å². The Balaban J connectivity index is 0.00000338. The van der Waals surface area contributed by atoms with Crippen molar-refractivity contribution in [2.45, 2.75) is 37.4 Å². The number of guanidine groups is 1. The highest BCUT2D eigenvalue weighted by Crippen LogP contribution is 2.21. The largest absolute Gasteiger partial charge is 0.466 e. The van der Waals surface area contributed by atoms with Crippen LogP contribution in [0.25, 0.3) is 0 Å². The second kappa shape index (κ2) is 13.6. The third-order valence-electron chi connectivity index (χ3n) is 3.87. The third kappa shape index (κ3) is 7.99. The maximum Gasteiger partial charge on any atom is 0.310 e. The number of nitrogens with zero attached hydrogens (tertiary/aromatic N) is 3. The Hall–Kier alpha value is -0.550. The van der Waals surface area contributed by atoms with Crippen LogP contribution in [0.2, 0.25) is 0 Å². The topological polar surface area (TPSA) is 66.8 Å². The van der Waals surface area contributed by atoms with Crippen LogP contribution in [0.5, 0.6) is 0 Å². The molecule has 2 rings (SSSR count). The van der Waals surface area contributed by atoms with E-state index in [-0.39, 0.29) is 35.9 Å². The number of esters is 1. The number of hydrogen-bond donors (Lipinski definition) is 1. The molecule has 1 unspecified atom stereocenters. The smallest absolute Gasteiger partial charge is 0.310 e. The summed E-state index contributed by atoms with van der Waals surface area (Å²) in [5, 5.41) is 5.36. The van der Waals surface area contributed by atoms with Crippen molar-refractivity contribution in [1.29, 1.82) is 0 Å². The SMILES string of the molecule is CCNC(=NCCCSc1nccs1)N1CCCC(C(=O)OCC)C1.I. The molecule has 148 valence electrons. The maximum absolute atomic E-state index is 12.0. The van der Waals surface area contributed by atoms with Crippen LogP contribution in [0.4, 0.5) is 0 Å². The number of ether oxygens (including phenoxy) is 1. The van der Waals surface area contributed by atoms with E-state index >= 15 is 0 Å². The van der Waals surface area contributed by atoms with Crippen LogP contribution in [0, 0.1) is 5.92 Å². The molecule has 0 radical (unpaired) electrons. The van der Waals surface area contributed by atoms with E-state index < -0.39 is 0 Å². The summed E-state index contributed by atoms with van der Waals surface area (Å²) in [6.45, 7) is 7.61. The van der Waals surface area contributed by atoms with Crippen LogP contribution < -0.4 is 5.32 Å². The van der Waals surface area contributed by atoms with Gasteiger partial charge in [-0.15, -0.1) is 35.3 Å². The average Bonchev–Trinajstić information content (AvgIpc) is 3.14. The first kappa shape index (κ1) is 23.5. The molecule has 26 heavy (non-hydrogen) atoms. The molecule has 1 aliphatic rings. The molecule has 0 spiro atoms. The van der Waals surface area contributed by atoms with Crippen LogP contribution >= 0.6 is 47.1 Å². The first-order chi connectivity index (χ1) is 12.2. The minimum Gasteiger partial charge on any atom is -0.466 e. The van der Waals surface area contributed by atoms with Crippen LogP contribution in [-0.4, -0.2) is 60.4 Å². The Labute approximate surface area is 181 Å². The van der Waals surface area contributed by atoms with E-state index in [0.717, 1.165) is 54.9 Å². The zero-order chi connectivity index (χ0) is 17.9. The van der Waals surface area contributed by atoms with E-state index in [4.69, 9.17) is 9.73 Å². The van der Waals surface area contributed by atoms with Crippen LogP contribution in [0.1, 0.15) is 33.1 Å². The van der Waals surface area contributed by atoms with E-state index in [1.54, 1.807) is 23.1 Å². The van der Waals surface area contributed by atoms with Gasteiger partial charge < -0.3 is 15.0 Å². The monoisotopic (exact) mass is 512 g/mol. The molecular weight excluding hydrogens is 483 g/mol. The van der Waals surface area contributed by atoms with Crippen molar-refractivity contribution in [3.63, 3.8) is 0 Å². The van der Waals surface area contributed by atoms with Gasteiger partial charge in [0.25, 0.3) is 0 Å². The molecule has 6 nitrogen and oxygen atoms in total. The van der Waals surface area contributed by atoms with E-state index in [1.165, 1.54) is 0 Å². The van der Waals surface area contributed by atoms with Crippen molar-refractivity contribution in [3.05, 3.63) is 11.6 Å². The number of nitrogens with one attached hydrogen (secondary N) is 1. The quantitative estimate of drug-likeness (QED) is 0.144. The molecule has 0 aromatic carbocycles. The van der Waals surface area contributed by atoms with E-state index in [9.17, 15) is 4.79 Å². The number of halogens is 1. The minimum atomic E-state index is -0.0807. The Morgan fingerprint density at radius 2 is 2.38 bits per heavy atom. The van der Waals surface area contributed by atoms with E-state index in [2.05, 4.69) is 22.1 Å². The maximum atomic E-state index is 12.0. The fraction of sp³-hybridized carbons (Fsp3) is 0.706. The number of carbonyl (C=O) groups excluding carboxylic acids is 1. The molecule has 1 aromatic rings. The predicted octanol–water partition coefficient (Wildman–Crippen LogP) is 3.48. The number of aliphatic imine (C=N–C) groups is 1. The number of carbonyl (C=O) groups is 1. The number of thioether (sulfide) groups is 1. The first-order valence-electron chi connectivity index (χ1n) is 8.96. The van der Waals surface area contributed by atoms with Gasteiger partial charge in [-0.05, 0) is 33.1 Å². The Kier molecular flexibility index (Phi) is 12.3. The second-order valence-electron chi connectivity index (χ2n) is 5.77. The van der Waals surface area contributed by atoms with Gasteiger partial charge in [0.1, 0.15) is 4.34 Å². The van der Waals surface area contributed by atoms with Crippen molar-refractivity contribution < 1.29 is 9.53 Å². The molecule has 1 N–H and O–H groups in total. The zero-order valence-electron chi connectivity index (χ0n) is 15.5. The summed E-state index contributed by atoms with van der Waals surface area (Å²) in [5.74, 6) is 1.80. The molecule has 0 saturated carbocycles. The molecule has 0 aliphatic carbocycles. The summed E-state index contributed by atoms with van der Waals surface area (Å²) < 4.78 is 6.30. The lowest BCUT2D eigenvalue weighted by molar-refractivity contribution is -0.149. The number of hydrogen-bond acceptors (Lipinski definition) is 6. The summed E-state index contributed by atoms with van der Waals surface area (Å²) in [5.41, 5.74) is 0. The fourth-order valence-electron chi connectivity index (χ4n) is 2.74. The summed E-state index contributed by atoms with van der Waals surface area (Å²) >= 11 is 3.46. The lowest BCUT2D eigenvalue weighted by Gasteiger charge is -2.34. The highest BCUT2D eigenvalue weighted by atomic mass is 127. The van der Waals surface area contributed by atoms with Crippen molar-refractivity contribution >= 4 is 59.0 Å². The molecule has 1 saturated heterocycles. The molecule has 1 aliphatic heterocycles. The van der Waals surface area contributed by atoms with Gasteiger partial charge in [0.15, 0.2) is 5.96 Å². The normalized spacial score (nSPS) is 17.5. The van der Waals surface area contributed by atoms with Gasteiger partial charge in [-0.1, -0.05) is 11.8 Å². The summed E-state index contributed by atoms with van der Waals surface area (Å²) in [7, 11) is 0. The van der Waals surface area contributed by atoms with Crippen LogP contribution in [-0.2, 0) is 9.53 Å². The molecule has 1 atom stereocenters. The number of aromatic nitrogens is 1. The average molecular weight is 512 g/mol. The Morgan fingerprint density at radius 3 is 3.08 bits per heavy atom. The van der Waals surface area contributed by atoms with Gasteiger partial charge in [-0.3, -0.25) is 9.79 Å². The molecule has 2 heterocycles. The standard InChI is InChI=1S/C17H28N4O2S2.HI/c1-3-18-16(19-8-6-11-24-17-20-9-12-25-17)21-10-5-7-14(13-21)15(22)23-4-2;/h9,12,14H,3-8,10-11,13H2,1-2H3,(H,18,19);1H. The lowest BCUT2D eigenvalue weighted by Crippen LogP contribution is -2.48. The highest BCUT2D eigenvalue weighted by molar-refractivity contribution is 14.0. The van der Waals surface area contributed by atoms with Gasteiger partial charge >= 0.3 is 5.97 Å². The third-order valence-corrected chi connectivity index (χ3v) is 5.93. The van der Waals surface area contributed by atoms with Crippen LogP contribution in [0.3, 0.4) is 0 Å². The highest BCUT2D eigenvalue weighted by Gasteiger charge is 2.28. The molecule has 9 heteroatoms. The number of thiazole rings is 1. The Bertz CT molecular complexity index is 543. The summed E-state index contributed by atoms with van der Waals surface area (Å²) in [6.07, 6.45) is 4.74. The van der Waals surface area contributed by atoms with Gasteiger partial charge in [0.05, 0.1) is 12.5 Å².